The Hall–Kier alpha value is -0.880. The summed E-state index contributed by atoms with van der Waals surface area (Å²) in [5.74, 6) is 1.28. The lowest BCUT2D eigenvalue weighted by Gasteiger charge is -2.10. The number of ether oxygens (including phenoxy) is 2. The minimum absolute atomic E-state index is 0.487. The highest BCUT2D eigenvalue weighted by molar-refractivity contribution is 9.10. The molecule has 0 aromatic carbocycles. The van der Waals surface area contributed by atoms with Crippen LogP contribution in [0.25, 0.3) is 0 Å². The van der Waals surface area contributed by atoms with E-state index in [1.807, 2.05) is 6.92 Å². The van der Waals surface area contributed by atoms with Crippen molar-refractivity contribution in [3.05, 3.63) is 10.8 Å². The molecule has 1 heterocycles. The average molecular weight is 304 g/mol. The first-order valence-corrected chi connectivity index (χ1v) is 6.53. The Kier molecular flexibility index (Phi) is 6.88. The number of nitrogens with one attached hydrogen (secondary N) is 1. The molecule has 0 bridgehead atoms. The Morgan fingerprint density at radius 3 is 2.76 bits per heavy atom. The highest BCUT2D eigenvalue weighted by Gasteiger charge is 2.08. The largest absolute Gasteiger partial charge is 0.474 e. The first-order valence-electron chi connectivity index (χ1n) is 5.74. The van der Waals surface area contributed by atoms with Gasteiger partial charge >= 0.3 is 0 Å². The standard InChI is InChI=1S/C11H18BrN3O2/c1-3-5-16-6-7-17-11-9(12)10(13-4-2)14-8-15-11/h8H,3-7H2,1-2H3,(H,13,14,15). The summed E-state index contributed by atoms with van der Waals surface area (Å²) in [5.41, 5.74) is 0. The number of rotatable bonds is 8. The van der Waals surface area contributed by atoms with Crippen molar-refractivity contribution < 1.29 is 9.47 Å². The number of aromatic nitrogens is 2. The van der Waals surface area contributed by atoms with Crippen LogP contribution in [-0.4, -0.2) is 36.3 Å². The Bertz CT molecular complexity index is 336. The van der Waals surface area contributed by atoms with Gasteiger partial charge < -0.3 is 14.8 Å². The molecule has 0 atom stereocenters. The van der Waals surface area contributed by atoms with Crippen molar-refractivity contribution in [3.63, 3.8) is 0 Å². The summed E-state index contributed by atoms with van der Waals surface area (Å²) in [5, 5.41) is 3.12. The predicted octanol–water partition coefficient (Wildman–Crippen LogP) is 2.48. The van der Waals surface area contributed by atoms with E-state index in [1.54, 1.807) is 0 Å². The van der Waals surface area contributed by atoms with Crippen LogP contribution in [0.4, 0.5) is 5.82 Å². The smallest absolute Gasteiger partial charge is 0.233 e. The van der Waals surface area contributed by atoms with E-state index in [0.29, 0.717) is 19.1 Å². The second-order valence-corrected chi connectivity index (χ2v) is 4.13. The zero-order valence-electron chi connectivity index (χ0n) is 10.2. The molecule has 0 aliphatic rings. The van der Waals surface area contributed by atoms with Gasteiger partial charge in [0.05, 0.1) is 6.61 Å². The predicted molar refractivity (Wildman–Crippen MR) is 70.5 cm³/mol. The summed E-state index contributed by atoms with van der Waals surface area (Å²) in [6.45, 7) is 6.70. The van der Waals surface area contributed by atoms with E-state index in [9.17, 15) is 0 Å². The van der Waals surface area contributed by atoms with Crippen molar-refractivity contribution in [1.29, 1.82) is 0 Å². The van der Waals surface area contributed by atoms with Crippen LogP contribution in [0.15, 0.2) is 10.8 Å². The van der Waals surface area contributed by atoms with Gasteiger partial charge in [-0.05, 0) is 29.3 Å². The molecule has 0 saturated heterocycles. The number of hydrogen-bond acceptors (Lipinski definition) is 5. The van der Waals surface area contributed by atoms with Crippen LogP contribution in [0.2, 0.25) is 0 Å². The highest BCUT2D eigenvalue weighted by atomic mass is 79.9. The van der Waals surface area contributed by atoms with E-state index in [1.165, 1.54) is 6.33 Å². The van der Waals surface area contributed by atoms with Crippen LogP contribution < -0.4 is 10.1 Å². The molecule has 1 aromatic heterocycles. The molecule has 0 aliphatic heterocycles. The van der Waals surface area contributed by atoms with Crippen LogP contribution in [0, 0.1) is 0 Å². The first kappa shape index (κ1) is 14.2. The molecule has 0 aliphatic carbocycles. The lowest BCUT2D eigenvalue weighted by molar-refractivity contribution is 0.0987. The molecule has 0 radical (unpaired) electrons. The normalized spacial score (nSPS) is 10.3. The first-order chi connectivity index (χ1) is 8.29. The molecule has 5 nitrogen and oxygen atoms in total. The fourth-order valence-corrected chi connectivity index (χ4v) is 1.65. The molecule has 1 N–H and O–H groups in total. The summed E-state index contributed by atoms with van der Waals surface area (Å²) < 4.78 is 11.6. The number of halogens is 1. The topological polar surface area (TPSA) is 56.3 Å². The number of anilines is 1. The summed E-state index contributed by atoms with van der Waals surface area (Å²) >= 11 is 3.41. The molecule has 0 unspecified atom stereocenters. The molecule has 0 spiro atoms. The van der Waals surface area contributed by atoms with Crippen LogP contribution >= 0.6 is 15.9 Å². The Morgan fingerprint density at radius 1 is 1.24 bits per heavy atom. The Labute approximate surface area is 110 Å². The van der Waals surface area contributed by atoms with Crippen LogP contribution in [-0.2, 0) is 4.74 Å². The monoisotopic (exact) mass is 303 g/mol. The Balaban J connectivity index is 2.44. The zero-order chi connectivity index (χ0) is 12.5. The van der Waals surface area contributed by atoms with Gasteiger partial charge in [0, 0.05) is 13.2 Å². The van der Waals surface area contributed by atoms with Crippen molar-refractivity contribution in [2.24, 2.45) is 0 Å². The summed E-state index contributed by atoms with van der Waals surface area (Å²) in [4.78, 5) is 8.17. The minimum atomic E-state index is 0.487. The Morgan fingerprint density at radius 2 is 2.06 bits per heavy atom. The van der Waals surface area contributed by atoms with Gasteiger partial charge in [0.2, 0.25) is 5.88 Å². The summed E-state index contributed by atoms with van der Waals surface area (Å²) in [7, 11) is 0. The van der Waals surface area contributed by atoms with Gasteiger partial charge in [0.1, 0.15) is 23.2 Å². The number of hydrogen-bond donors (Lipinski definition) is 1. The van der Waals surface area contributed by atoms with E-state index < -0.39 is 0 Å². The van der Waals surface area contributed by atoms with Crippen LogP contribution in [0.1, 0.15) is 20.3 Å². The van der Waals surface area contributed by atoms with Gasteiger partial charge in [0.15, 0.2) is 0 Å². The maximum absolute atomic E-state index is 5.51. The molecule has 1 rings (SSSR count). The molecular weight excluding hydrogens is 286 g/mol. The van der Waals surface area contributed by atoms with E-state index >= 15 is 0 Å². The van der Waals surface area contributed by atoms with Gasteiger partial charge in [-0.25, -0.2) is 9.97 Å². The molecule has 0 fully saturated rings. The van der Waals surface area contributed by atoms with Crippen molar-refractivity contribution in [1.82, 2.24) is 9.97 Å². The van der Waals surface area contributed by atoms with E-state index in [2.05, 4.69) is 38.1 Å². The summed E-state index contributed by atoms with van der Waals surface area (Å²) in [6.07, 6.45) is 2.49. The van der Waals surface area contributed by atoms with Gasteiger partial charge in [0.25, 0.3) is 0 Å². The van der Waals surface area contributed by atoms with Crippen molar-refractivity contribution in [3.8, 4) is 5.88 Å². The van der Waals surface area contributed by atoms with E-state index in [-0.39, 0.29) is 0 Å². The second kappa shape index (κ2) is 8.25. The fourth-order valence-electron chi connectivity index (χ4n) is 1.19. The molecular formula is C11H18BrN3O2. The third-order valence-electron chi connectivity index (χ3n) is 1.92. The lowest BCUT2D eigenvalue weighted by Crippen LogP contribution is -2.09. The van der Waals surface area contributed by atoms with E-state index in [0.717, 1.165) is 29.9 Å². The molecule has 96 valence electrons. The summed E-state index contributed by atoms with van der Waals surface area (Å²) in [6, 6.07) is 0. The SMILES string of the molecule is CCCOCCOc1ncnc(NCC)c1Br. The molecule has 1 aromatic rings. The van der Waals surface area contributed by atoms with Crippen molar-refractivity contribution in [2.45, 2.75) is 20.3 Å². The molecule has 6 heteroatoms. The minimum Gasteiger partial charge on any atom is -0.474 e. The number of nitrogens with zero attached hydrogens (tertiary/aromatic N) is 2. The quantitative estimate of drug-likeness (QED) is 0.748. The van der Waals surface area contributed by atoms with Crippen LogP contribution in [0.3, 0.4) is 0 Å². The fraction of sp³-hybridized carbons (Fsp3) is 0.636. The third kappa shape index (κ3) is 4.87. The van der Waals surface area contributed by atoms with Gasteiger partial charge in [-0.3, -0.25) is 0 Å². The average Bonchev–Trinajstić information content (AvgIpc) is 2.33. The lowest BCUT2D eigenvalue weighted by atomic mass is 10.5. The maximum atomic E-state index is 5.51. The van der Waals surface area contributed by atoms with Gasteiger partial charge in [-0.1, -0.05) is 6.92 Å². The zero-order valence-corrected chi connectivity index (χ0v) is 11.8. The molecule has 17 heavy (non-hydrogen) atoms. The maximum Gasteiger partial charge on any atom is 0.233 e. The third-order valence-corrected chi connectivity index (χ3v) is 2.63. The van der Waals surface area contributed by atoms with Crippen molar-refractivity contribution >= 4 is 21.7 Å². The van der Waals surface area contributed by atoms with Crippen molar-refractivity contribution in [2.75, 3.05) is 31.7 Å². The van der Waals surface area contributed by atoms with E-state index in [4.69, 9.17) is 9.47 Å². The van der Waals surface area contributed by atoms with Crippen LogP contribution in [0.5, 0.6) is 5.88 Å². The molecule has 0 amide bonds. The van der Waals surface area contributed by atoms with Gasteiger partial charge in [-0.2, -0.15) is 0 Å². The van der Waals surface area contributed by atoms with Gasteiger partial charge in [-0.15, -0.1) is 0 Å². The second-order valence-electron chi connectivity index (χ2n) is 3.33. The molecule has 0 saturated carbocycles. The highest BCUT2D eigenvalue weighted by Crippen LogP contribution is 2.27.